The highest BCUT2D eigenvalue weighted by Crippen LogP contribution is 2.22. The third-order valence-electron chi connectivity index (χ3n) is 5.70. The zero-order chi connectivity index (χ0) is 22.1. The number of hydrogen-bond donors (Lipinski definition) is 1. The molecule has 0 saturated carbocycles. The van der Waals surface area contributed by atoms with Gasteiger partial charge in [0.15, 0.2) is 0 Å². The molecule has 0 amide bonds. The number of pyridine rings is 1. The number of carbonyl (C=O) groups excluding carboxylic acids is 1. The third-order valence-corrected chi connectivity index (χ3v) is 5.70. The Kier molecular flexibility index (Phi) is 5.55. The summed E-state index contributed by atoms with van der Waals surface area (Å²) in [6.07, 6.45) is -1.61. The second kappa shape index (κ2) is 8.64. The van der Waals surface area contributed by atoms with Crippen LogP contribution in [0.2, 0.25) is 0 Å². The highest BCUT2D eigenvalue weighted by atomic mass is 19.1. The molecule has 5 rings (SSSR count). The van der Waals surface area contributed by atoms with Crippen LogP contribution in [0, 0.1) is 0 Å². The smallest absolute Gasteiger partial charge is 0.337 e. The first kappa shape index (κ1) is 20.5. The molecule has 0 spiro atoms. The number of aromatic amines is 1. The molecular weight excluding hydrogens is 411 g/mol. The van der Waals surface area contributed by atoms with Crippen LogP contribution in [0.25, 0.3) is 21.9 Å². The molecule has 3 heterocycles. The summed E-state index contributed by atoms with van der Waals surface area (Å²) in [6.45, 7) is 1.53. The number of methoxy groups -OCH3 is 1. The van der Waals surface area contributed by atoms with Crippen molar-refractivity contribution in [1.29, 1.82) is 0 Å². The molecule has 164 valence electrons. The summed E-state index contributed by atoms with van der Waals surface area (Å²) in [7, 11) is 1.34. The number of hydrogen-bond acceptors (Lipinski definition) is 6. The molecule has 1 saturated heterocycles. The van der Waals surface area contributed by atoms with Gasteiger partial charge in [0.2, 0.25) is 0 Å². The highest BCUT2D eigenvalue weighted by Gasteiger charge is 2.34. The van der Waals surface area contributed by atoms with E-state index in [0.29, 0.717) is 42.1 Å². The normalized spacial score (nSPS) is 19.1. The van der Waals surface area contributed by atoms with Crippen molar-refractivity contribution in [3.8, 4) is 0 Å². The van der Waals surface area contributed by atoms with Gasteiger partial charge >= 0.3 is 5.97 Å². The van der Waals surface area contributed by atoms with E-state index < -0.39 is 18.2 Å². The maximum atomic E-state index is 14.6. The van der Waals surface area contributed by atoms with E-state index in [0.717, 1.165) is 16.6 Å². The van der Waals surface area contributed by atoms with Crippen molar-refractivity contribution in [3.63, 3.8) is 0 Å². The topological polar surface area (TPSA) is 80.3 Å². The summed E-state index contributed by atoms with van der Waals surface area (Å²) >= 11 is 0. The fraction of sp³-hybridized carbons (Fsp3) is 0.292. The first-order valence-corrected chi connectivity index (χ1v) is 10.5. The van der Waals surface area contributed by atoms with Crippen LogP contribution in [0.1, 0.15) is 21.9 Å². The quantitative estimate of drug-likeness (QED) is 0.467. The number of alkyl halides is 1. The number of rotatable bonds is 6. The number of esters is 1. The van der Waals surface area contributed by atoms with Crippen LogP contribution in [0.4, 0.5) is 4.39 Å². The number of para-hydroxylation sites is 1. The molecule has 1 N–H and O–H groups in total. The predicted molar refractivity (Wildman–Crippen MR) is 118 cm³/mol. The van der Waals surface area contributed by atoms with Crippen molar-refractivity contribution < 1.29 is 18.7 Å². The number of ether oxygens (including phenoxy) is 2. The molecule has 0 bridgehead atoms. The van der Waals surface area contributed by atoms with E-state index >= 15 is 0 Å². The van der Waals surface area contributed by atoms with Crippen molar-refractivity contribution in [2.24, 2.45) is 0 Å². The van der Waals surface area contributed by atoms with E-state index in [1.54, 1.807) is 18.2 Å². The maximum Gasteiger partial charge on any atom is 0.337 e. The minimum absolute atomic E-state index is 0.162. The standard InChI is InChI=1S/C24H23FN4O3/c1-31-24(30)16-7-9-20-21(10-16)28-23(27-20)14-32-22-13-29(12-18(22)25)11-17-8-6-15-4-2-3-5-19(15)26-17/h2-10,18,22H,11-14H2,1H3,(H,27,28)/t18-,22+/m1/s1. The summed E-state index contributed by atoms with van der Waals surface area (Å²) in [5.41, 5.74) is 3.71. The van der Waals surface area contributed by atoms with E-state index in [4.69, 9.17) is 9.47 Å². The summed E-state index contributed by atoms with van der Waals surface area (Å²) in [4.78, 5) is 26.0. The SMILES string of the molecule is COC(=O)c1ccc2nc(CO[C@H]3CN(Cc4ccc5ccccc5n4)C[C@H]3F)[nH]c2c1. The van der Waals surface area contributed by atoms with Gasteiger partial charge in [-0.2, -0.15) is 0 Å². The van der Waals surface area contributed by atoms with Crippen molar-refractivity contribution in [2.45, 2.75) is 25.4 Å². The lowest BCUT2D eigenvalue weighted by Crippen LogP contribution is -2.24. The van der Waals surface area contributed by atoms with E-state index in [2.05, 4.69) is 15.0 Å². The molecular formula is C24H23FN4O3. The molecule has 2 aromatic heterocycles. The Balaban J connectivity index is 1.21. The van der Waals surface area contributed by atoms with Gasteiger partial charge in [0, 0.05) is 25.0 Å². The van der Waals surface area contributed by atoms with E-state index in [9.17, 15) is 9.18 Å². The number of imidazole rings is 1. The van der Waals surface area contributed by atoms with Crippen molar-refractivity contribution in [2.75, 3.05) is 20.2 Å². The van der Waals surface area contributed by atoms with Gasteiger partial charge < -0.3 is 14.5 Å². The molecule has 1 aliphatic rings. The number of nitrogens with zero attached hydrogens (tertiary/aromatic N) is 3. The Hall–Kier alpha value is -3.36. The minimum atomic E-state index is -1.08. The summed E-state index contributed by atoms with van der Waals surface area (Å²) in [5.74, 6) is 0.176. The summed E-state index contributed by atoms with van der Waals surface area (Å²) in [5, 5.41) is 1.09. The summed E-state index contributed by atoms with van der Waals surface area (Å²) < 4.78 is 25.2. The average Bonchev–Trinajstić information content (AvgIpc) is 3.38. The Bertz CT molecular complexity index is 1270. The molecule has 1 aliphatic heterocycles. The number of aromatic nitrogens is 3. The van der Waals surface area contributed by atoms with Gasteiger partial charge in [-0.15, -0.1) is 0 Å². The Morgan fingerprint density at radius 2 is 2.00 bits per heavy atom. The molecule has 2 aromatic carbocycles. The van der Waals surface area contributed by atoms with E-state index in [1.807, 2.05) is 41.3 Å². The Morgan fingerprint density at radius 3 is 2.88 bits per heavy atom. The molecule has 7 nitrogen and oxygen atoms in total. The molecule has 0 unspecified atom stereocenters. The number of fused-ring (bicyclic) bond motifs is 2. The highest BCUT2D eigenvalue weighted by molar-refractivity contribution is 5.93. The van der Waals surface area contributed by atoms with Gasteiger partial charge in [-0.3, -0.25) is 9.88 Å². The average molecular weight is 434 g/mol. The van der Waals surface area contributed by atoms with Gasteiger partial charge in [-0.25, -0.2) is 14.2 Å². The van der Waals surface area contributed by atoms with Crippen LogP contribution in [-0.2, 0) is 22.6 Å². The number of halogens is 1. The maximum absolute atomic E-state index is 14.6. The molecule has 2 atom stereocenters. The van der Waals surface area contributed by atoms with Gasteiger partial charge in [-0.1, -0.05) is 24.3 Å². The van der Waals surface area contributed by atoms with Crippen LogP contribution in [0.15, 0.2) is 54.6 Å². The zero-order valence-electron chi connectivity index (χ0n) is 17.6. The second-order valence-corrected chi connectivity index (χ2v) is 7.96. The lowest BCUT2D eigenvalue weighted by atomic mass is 10.2. The lowest BCUT2D eigenvalue weighted by molar-refractivity contribution is 0.00861. The number of likely N-dealkylation sites (tertiary alicyclic amines) is 1. The number of benzene rings is 2. The number of nitrogens with one attached hydrogen (secondary N) is 1. The first-order chi connectivity index (χ1) is 15.6. The number of carbonyl (C=O) groups is 1. The van der Waals surface area contributed by atoms with Crippen molar-refractivity contribution in [1.82, 2.24) is 19.9 Å². The zero-order valence-corrected chi connectivity index (χ0v) is 17.6. The van der Waals surface area contributed by atoms with Crippen LogP contribution in [-0.4, -0.2) is 58.3 Å². The lowest BCUT2D eigenvalue weighted by Gasteiger charge is -2.15. The van der Waals surface area contributed by atoms with Crippen LogP contribution in [0.5, 0.6) is 0 Å². The largest absolute Gasteiger partial charge is 0.465 e. The third kappa shape index (κ3) is 4.19. The van der Waals surface area contributed by atoms with Crippen molar-refractivity contribution in [3.05, 3.63) is 71.7 Å². The molecule has 0 radical (unpaired) electrons. The van der Waals surface area contributed by atoms with Crippen LogP contribution >= 0.6 is 0 Å². The Morgan fingerprint density at radius 1 is 1.12 bits per heavy atom. The minimum Gasteiger partial charge on any atom is -0.465 e. The predicted octanol–water partition coefficient (Wildman–Crippen LogP) is 3.64. The molecule has 0 aliphatic carbocycles. The van der Waals surface area contributed by atoms with E-state index in [1.165, 1.54) is 7.11 Å². The van der Waals surface area contributed by atoms with Crippen molar-refractivity contribution >= 4 is 27.9 Å². The van der Waals surface area contributed by atoms with Gasteiger partial charge in [0.05, 0.1) is 34.9 Å². The molecule has 32 heavy (non-hydrogen) atoms. The Labute approximate surface area is 184 Å². The fourth-order valence-corrected chi connectivity index (χ4v) is 4.08. The van der Waals surface area contributed by atoms with Gasteiger partial charge in [-0.05, 0) is 30.3 Å². The number of H-pyrrole nitrogens is 1. The second-order valence-electron chi connectivity index (χ2n) is 7.96. The van der Waals surface area contributed by atoms with E-state index in [-0.39, 0.29) is 6.61 Å². The van der Waals surface area contributed by atoms with Crippen LogP contribution in [0.3, 0.4) is 0 Å². The van der Waals surface area contributed by atoms with Gasteiger partial charge in [0.25, 0.3) is 0 Å². The summed E-state index contributed by atoms with van der Waals surface area (Å²) in [6, 6.07) is 17.1. The monoisotopic (exact) mass is 434 g/mol. The first-order valence-electron chi connectivity index (χ1n) is 10.5. The fourth-order valence-electron chi connectivity index (χ4n) is 4.08. The molecule has 1 fully saturated rings. The molecule has 8 heteroatoms. The molecule has 4 aromatic rings. The van der Waals surface area contributed by atoms with Crippen LogP contribution < -0.4 is 0 Å². The van der Waals surface area contributed by atoms with Gasteiger partial charge in [0.1, 0.15) is 24.7 Å².